The van der Waals surface area contributed by atoms with Crippen LogP contribution in [0.4, 0.5) is 0 Å². The summed E-state index contributed by atoms with van der Waals surface area (Å²) in [7, 11) is 0. The van der Waals surface area contributed by atoms with E-state index in [0.29, 0.717) is 12.3 Å². The Morgan fingerprint density at radius 3 is 2.17 bits per heavy atom. The van der Waals surface area contributed by atoms with E-state index >= 15 is 0 Å². The SMILES string of the molecule is Cc1cc2c(cc1C1(c3ccc(Cc4ncno4)cn3)CC1)C(C)(C)C=CC2(C)C. The standard InChI is InChI=1S/C26H29N3O/c1-17-12-20-21(25(4,5)9-8-24(20,2)3)14-19(17)26(10-11-26)22-7-6-18(15-27-22)13-23-28-16-29-30-23/h6-9,12,14-16H,10-11,13H2,1-5H3. The van der Waals surface area contributed by atoms with Crippen molar-refractivity contribution in [2.45, 2.75) is 70.1 Å². The van der Waals surface area contributed by atoms with Gasteiger partial charge in [-0.2, -0.15) is 4.98 Å². The lowest BCUT2D eigenvalue weighted by Crippen LogP contribution is -2.30. The highest BCUT2D eigenvalue weighted by Crippen LogP contribution is 2.55. The molecule has 154 valence electrons. The van der Waals surface area contributed by atoms with E-state index in [0.717, 1.165) is 18.4 Å². The minimum Gasteiger partial charge on any atom is -0.339 e. The summed E-state index contributed by atoms with van der Waals surface area (Å²) in [6, 6.07) is 9.25. The Kier molecular flexibility index (Phi) is 4.08. The third-order valence-electron chi connectivity index (χ3n) is 7.01. The summed E-state index contributed by atoms with van der Waals surface area (Å²) >= 11 is 0. The molecule has 1 fully saturated rings. The highest BCUT2D eigenvalue weighted by molar-refractivity contribution is 5.56. The Hall–Kier alpha value is -2.75. The van der Waals surface area contributed by atoms with Crippen molar-refractivity contribution < 1.29 is 4.52 Å². The molecule has 1 aromatic carbocycles. The Bertz CT molecular complexity index is 1120. The lowest BCUT2D eigenvalue weighted by Gasteiger charge is -2.38. The average Bonchev–Trinajstić information content (AvgIpc) is 3.35. The van der Waals surface area contributed by atoms with Crippen molar-refractivity contribution in [3.8, 4) is 0 Å². The summed E-state index contributed by atoms with van der Waals surface area (Å²) in [5, 5.41) is 3.68. The number of pyridine rings is 1. The first-order valence-electron chi connectivity index (χ1n) is 10.8. The van der Waals surface area contributed by atoms with E-state index < -0.39 is 0 Å². The smallest absolute Gasteiger partial charge is 0.230 e. The molecule has 2 aliphatic carbocycles. The van der Waals surface area contributed by atoms with Gasteiger partial charge in [-0.05, 0) is 53.6 Å². The van der Waals surface area contributed by atoms with Gasteiger partial charge >= 0.3 is 0 Å². The Balaban J connectivity index is 1.53. The number of hydrogen-bond acceptors (Lipinski definition) is 4. The largest absolute Gasteiger partial charge is 0.339 e. The number of hydrogen-bond donors (Lipinski definition) is 0. The molecule has 4 heteroatoms. The zero-order chi connectivity index (χ0) is 21.1. The number of benzene rings is 1. The highest BCUT2D eigenvalue weighted by Gasteiger charge is 2.49. The Labute approximate surface area is 178 Å². The zero-order valence-corrected chi connectivity index (χ0v) is 18.5. The summed E-state index contributed by atoms with van der Waals surface area (Å²) in [5.74, 6) is 0.620. The fraction of sp³-hybridized carbons (Fsp3) is 0.423. The summed E-state index contributed by atoms with van der Waals surface area (Å²) in [4.78, 5) is 8.99. The van der Waals surface area contributed by atoms with Crippen LogP contribution in [0.1, 0.15) is 79.9 Å². The fourth-order valence-corrected chi connectivity index (χ4v) is 4.93. The van der Waals surface area contributed by atoms with Gasteiger partial charge in [0.05, 0.1) is 12.1 Å². The van der Waals surface area contributed by atoms with E-state index in [9.17, 15) is 0 Å². The van der Waals surface area contributed by atoms with Crippen molar-refractivity contribution in [1.82, 2.24) is 15.1 Å². The minimum atomic E-state index is 0.0452. The molecule has 0 saturated heterocycles. The van der Waals surface area contributed by atoms with Gasteiger partial charge in [-0.3, -0.25) is 4.98 Å². The molecule has 2 aromatic heterocycles. The molecular formula is C26H29N3O. The third-order valence-corrected chi connectivity index (χ3v) is 7.01. The van der Waals surface area contributed by atoms with E-state index in [1.54, 1.807) is 0 Å². The molecule has 3 aromatic rings. The van der Waals surface area contributed by atoms with Crippen molar-refractivity contribution in [2.75, 3.05) is 0 Å². The van der Waals surface area contributed by atoms with Crippen LogP contribution in [0, 0.1) is 6.92 Å². The van der Waals surface area contributed by atoms with Gasteiger partial charge in [-0.25, -0.2) is 0 Å². The lowest BCUT2D eigenvalue weighted by molar-refractivity contribution is 0.384. The van der Waals surface area contributed by atoms with Crippen molar-refractivity contribution in [3.05, 3.63) is 88.3 Å². The van der Waals surface area contributed by atoms with Gasteiger partial charge in [0.2, 0.25) is 5.89 Å². The van der Waals surface area contributed by atoms with Crippen LogP contribution in [-0.4, -0.2) is 15.1 Å². The Morgan fingerprint density at radius 1 is 0.900 bits per heavy atom. The van der Waals surface area contributed by atoms with Crippen molar-refractivity contribution in [3.63, 3.8) is 0 Å². The van der Waals surface area contributed by atoms with Crippen molar-refractivity contribution in [1.29, 1.82) is 0 Å². The maximum atomic E-state index is 5.13. The molecule has 0 unspecified atom stereocenters. The predicted molar refractivity (Wildman–Crippen MR) is 118 cm³/mol. The Morgan fingerprint density at radius 2 is 1.60 bits per heavy atom. The van der Waals surface area contributed by atoms with E-state index in [4.69, 9.17) is 9.51 Å². The average molecular weight is 400 g/mol. The second-order valence-corrected chi connectivity index (χ2v) is 10.1. The predicted octanol–water partition coefficient (Wildman–Crippen LogP) is 5.57. The van der Waals surface area contributed by atoms with Crippen LogP contribution in [0.15, 0.2) is 53.5 Å². The van der Waals surface area contributed by atoms with Gasteiger partial charge in [0.1, 0.15) is 0 Å². The number of allylic oxidation sites excluding steroid dienone is 2. The lowest BCUT2D eigenvalue weighted by atomic mass is 9.66. The molecule has 0 radical (unpaired) electrons. The van der Waals surface area contributed by atoms with E-state index in [1.165, 1.54) is 34.3 Å². The molecule has 1 saturated carbocycles. The molecule has 0 atom stereocenters. The number of fused-ring (bicyclic) bond motifs is 1. The summed E-state index contributed by atoms with van der Waals surface area (Å²) in [5.41, 5.74) is 8.15. The molecule has 0 aliphatic heterocycles. The van der Waals surface area contributed by atoms with Gasteiger partial charge < -0.3 is 4.52 Å². The number of aryl methyl sites for hydroxylation is 1. The van der Waals surface area contributed by atoms with Gasteiger partial charge in [-0.15, -0.1) is 0 Å². The van der Waals surface area contributed by atoms with Crippen LogP contribution in [0.2, 0.25) is 0 Å². The molecule has 0 amide bonds. The summed E-state index contributed by atoms with van der Waals surface area (Å²) in [6.07, 6.45) is 11.1. The van der Waals surface area contributed by atoms with Gasteiger partial charge in [0.15, 0.2) is 6.33 Å². The highest BCUT2D eigenvalue weighted by atomic mass is 16.5. The maximum absolute atomic E-state index is 5.13. The third kappa shape index (κ3) is 3.01. The molecule has 2 aliphatic rings. The van der Waals surface area contributed by atoms with Crippen molar-refractivity contribution in [2.24, 2.45) is 0 Å². The van der Waals surface area contributed by atoms with Crippen LogP contribution < -0.4 is 0 Å². The summed E-state index contributed by atoms with van der Waals surface area (Å²) < 4.78 is 5.13. The molecule has 0 N–H and O–H groups in total. The quantitative estimate of drug-likeness (QED) is 0.538. The fourth-order valence-electron chi connectivity index (χ4n) is 4.93. The van der Waals surface area contributed by atoms with Crippen LogP contribution in [0.25, 0.3) is 0 Å². The zero-order valence-electron chi connectivity index (χ0n) is 18.5. The molecular weight excluding hydrogens is 370 g/mol. The van der Waals surface area contributed by atoms with Crippen molar-refractivity contribution >= 4 is 0 Å². The second-order valence-electron chi connectivity index (χ2n) is 10.1. The first-order valence-corrected chi connectivity index (χ1v) is 10.8. The monoisotopic (exact) mass is 399 g/mol. The maximum Gasteiger partial charge on any atom is 0.230 e. The summed E-state index contributed by atoms with van der Waals surface area (Å²) in [6.45, 7) is 11.5. The number of aromatic nitrogens is 3. The van der Waals surface area contributed by atoms with E-state index in [1.807, 2.05) is 6.20 Å². The number of rotatable bonds is 4. The molecule has 2 heterocycles. The van der Waals surface area contributed by atoms with Crippen LogP contribution in [0.3, 0.4) is 0 Å². The second kappa shape index (κ2) is 6.37. The van der Waals surface area contributed by atoms with E-state index in [-0.39, 0.29) is 16.2 Å². The van der Waals surface area contributed by atoms with Gasteiger partial charge in [0, 0.05) is 22.4 Å². The molecule has 5 rings (SSSR count). The van der Waals surface area contributed by atoms with Crippen LogP contribution in [-0.2, 0) is 22.7 Å². The minimum absolute atomic E-state index is 0.0452. The molecule has 30 heavy (non-hydrogen) atoms. The first-order chi connectivity index (χ1) is 14.2. The first kappa shape index (κ1) is 19.2. The van der Waals surface area contributed by atoms with E-state index in [2.05, 4.69) is 81.2 Å². The molecule has 0 spiro atoms. The van der Waals surface area contributed by atoms with Gasteiger partial charge in [0.25, 0.3) is 0 Å². The van der Waals surface area contributed by atoms with Gasteiger partial charge in [-0.1, -0.05) is 63.2 Å². The molecule has 4 nitrogen and oxygen atoms in total. The molecule has 0 bridgehead atoms. The topological polar surface area (TPSA) is 51.8 Å². The van der Waals surface area contributed by atoms with Crippen LogP contribution in [0.5, 0.6) is 0 Å². The number of nitrogens with zero attached hydrogens (tertiary/aromatic N) is 3. The normalized spacial score (nSPS) is 20.0. The van der Waals surface area contributed by atoms with Crippen LogP contribution >= 0.6 is 0 Å².